The summed E-state index contributed by atoms with van der Waals surface area (Å²) >= 11 is 0. The summed E-state index contributed by atoms with van der Waals surface area (Å²) in [4.78, 5) is 11.4. The lowest BCUT2D eigenvalue weighted by Crippen LogP contribution is -2.64. The third-order valence-corrected chi connectivity index (χ3v) is 15.4. The van der Waals surface area contributed by atoms with Crippen molar-refractivity contribution in [2.45, 2.75) is 155 Å². The molecule has 2 spiro atoms. The molecule has 274 valence electrons. The van der Waals surface area contributed by atoms with Gasteiger partial charge in [0.05, 0.1) is 24.9 Å². The Morgan fingerprint density at radius 3 is 2.31 bits per heavy atom. The summed E-state index contributed by atoms with van der Waals surface area (Å²) in [5.41, 5.74) is 0.468. The van der Waals surface area contributed by atoms with Gasteiger partial charge < -0.3 is 44.8 Å². The van der Waals surface area contributed by atoms with Crippen molar-refractivity contribution < 1.29 is 49.6 Å². The predicted molar refractivity (Wildman–Crippen MR) is 177 cm³/mol. The highest BCUT2D eigenvalue weighted by Crippen LogP contribution is 2.89. The van der Waals surface area contributed by atoms with Crippen molar-refractivity contribution in [3.05, 3.63) is 11.6 Å². The summed E-state index contributed by atoms with van der Waals surface area (Å²) < 4.78 is 17.4. The van der Waals surface area contributed by atoms with Crippen molar-refractivity contribution in [3.8, 4) is 0 Å². The summed E-state index contributed by atoms with van der Waals surface area (Å²) in [6, 6.07) is 0. The Morgan fingerprint density at radius 1 is 0.938 bits per heavy atom. The van der Waals surface area contributed by atoms with Crippen LogP contribution in [0.5, 0.6) is 0 Å². The van der Waals surface area contributed by atoms with Gasteiger partial charge in [-0.05, 0) is 115 Å². The molecule has 1 aliphatic heterocycles. The monoisotopic (exact) mass is 678 g/mol. The average molecular weight is 679 g/mol. The second-order valence-corrected chi connectivity index (χ2v) is 18.0. The van der Waals surface area contributed by atoms with Crippen molar-refractivity contribution in [2.24, 2.45) is 50.7 Å². The highest BCUT2D eigenvalue weighted by Gasteiger charge is 2.84. The number of carbonyl (C=O) groups is 1. The van der Waals surface area contributed by atoms with Gasteiger partial charge in [-0.1, -0.05) is 46.3 Å². The van der Waals surface area contributed by atoms with Crippen molar-refractivity contribution in [3.63, 3.8) is 0 Å². The first-order valence-electron chi connectivity index (χ1n) is 18.5. The smallest absolute Gasteiger partial charge is 0.302 e. The number of rotatable bonds is 9. The molecule has 10 nitrogen and oxygen atoms in total. The van der Waals surface area contributed by atoms with Gasteiger partial charge in [0.2, 0.25) is 0 Å². The molecule has 0 radical (unpaired) electrons. The molecule has 1 heterocycles. The largest absolute Gasteiger partial charge is 0.463 e. The number of allylic oxidation sites excluding steroid dienone is 1. The van der Waals surface area contributed by atoms with Crippen molar-refractivity contribution in [2.75, 3.05) is 13.2 Å². The van der Waals surface area contributed by atoms with Gasteiger partial charge in [-0.15, -0.1) is 0 Å². The van der Waals surface area contributed by atoms with E-state index in [-0.39, 0.29) is 58.9 Å². The number of hydrogen-bond acceptors (Lipinski definition) is 10. The molecular weight excluding hydrogens is 616 g/mol. The van der Waals surface area contributed by atoms with Crippen LogP contribution >= 0.6 is 0 Å². The zero-order valence-corrected chi connectivity index (χ0v) is 30.1. The van der Waals surface area contributed by atoms with Crippen LogP contribution in [0.2, 0.25) is 0 Å². The highest BCUT2D eigenvalue weighted by atomic mass is 16.7. The molecule has 6 rings (SSSR count). The van der Waals surface area contributed by atoms with Crippen LogP contribution in [-0.4, -0.2) is 98.8 Å². The molecule has 1 saturated heterocycles. The van der Waals surface area contributed by atoms with Gasteiger partial charge in [-0.3, -0.25) is 4.79 Å². The molecule has 6 N–H and O–H groups in total. The van der Waals surface area contributed by atoms with E-state index in [4.69, 9.17) is 14.2 Å². The van der Waals surface area contributed by atoms with E-state index in [0.29, 0.717) is 24.7 Å². The zero-order valence-electron chi connectivity index (χ0n) is 30.1. The van der Waals surface area contributed by atoms with Gasteiger partial charge in [0.15, 0.2) is 6.29 Å². The van der Waals surface area contributed by atoms with Gasteiger partial charge in [0.1, 0.15) is 31.0 Å². The topological polar surface area (TPSA) is 166 Å². The molecule has 0 bridgehead atoms. The van der Waals surface area contributed by atoms with Gasteiger partial charge in [0.25, 0.3) is 0 Å². The second kappa shape index (κ2) is 12.5. The molecule has 5 saturated carbocycles. The number of aliphatic hydroxyl groups is 6. The Morgan fingerprint density at radius 2 is 1.65 bits per heavy atom. The van der Waals surface area contributed by atoms with E-state index in [2.05, 4.69) is 40.7 Å². The molecule has 0 aromatic heterocycles. The van der Waals surface area contributed by atoms with Gasteiger partial charge in [-0.2, -0.15) is 0 Å². The fraction of sp³-hybridized carbons (Fsp3) is 0.921. The van der Waals surface area contributed by atoms with E-state index in [1.165, 1.54) is 6.92 Å². The van der Waals surface area contributed by atoms with Gasteiger partial charge in [-0.25, -0.2) is 0 Å². The lowest BCUT2D eigenvalue weighted by atomic mass is 9.41. The molecule has 0 amide bonds. The summed E-state index contributed by atoms with van der Waals surface area (Å²) in [5, 5.41) is 65.3. The van der Waals surface area contributed by atoms with Crippen LogP contribution in [0, 0.1) is 50.7 Å². The molecule has 5 aliphatic carbocycles. The molecule has 48 heavy (non-hydrogen) atoms. The first-order chi connectivity index (χ1) is 22.4. The van der Waals surface area contributed by atoms with Crippen LogP contribution in [0.4, 0.5) is 0 Å². The molecule has 0 aromatic carbocycles. The van der Waals surface area contributed by atoms with E-state index in [1.807, 2.05) is 6.92 Å². The van der Waals surface area contributed by atoms with Crippen molar-refractivity contribution in [1.29, 1.82) is 0 Å². The van der Waals surface area contributed by atoms with E-state index in [0.717, 1.165) is 50.5 Å². The fourth-order valence-electron chi connectivity index (χ4n) is 13.1. The van der Waals surface area contributed by atoms with Crippen LogP contribution in [0.25, 0.3) is 0 Å². The number of fused-ring (bicyclic) bond motifs is 2. The number of ether oxygens (including phenoxy) is 3. The number of aliphatic hydroxyl groups excluding tert-OH is 6. The zero-order chi connectivity index (χ0) is 35.2. The van der Waals surface area contributed by atoms with E-state index in [1.54, 1.807) is 0 Å². The Balaban J connectivity index is 1.21. The van der Waals surface area contributed by atoms with Crippen LogP contribution in [-0.2, 0) is 19.0 Å². The normalized spacial score (nSPS) is 51.6. The predicted octanol–water partition coefficient (Wildman–Crippen LogP) is 3.48. The molecule has 0 unspecified atom stereocenters. The quantitative estimate of drug-likeness (QED) is 0.121. The maximum Gasteiger partial charge on any atom is 0.302 e. The lowest BCUT2D eigenvalue weighted by molar-refractivity contribution is -0.329. The number of esters is 1. The Kier molecular flexibility index (Phi) is 9.58. The fourth-order valence-corrected chi connectivity index (χ4v) is 13.1. The minimum absolute atomic E-state index is 0.0239. The minimum atomic E-state index is -1.53. The standard InChI is InChI=1S/C38H62O10/c1-20(17-39)9-8-10-21(2)28-24(42)16-36(7)26-15-23(41)32-34(4,5)27(11-12-38(32)19-37(26,38)14-13-35(28,36)6)48-33-31(45)30(44)29(43)25(47-33)18-46-22(3)40/h9,21,23-33,39,41-45H,8,10-19H2,1-7H3/b20-9+/t21-,23+,24+,25-,26-,27+,28+,29-,30+,31-,32-,33+,35-,36+,37+,38-/m1/s1. The highest BCUT2D eigenvalue weighted by molar-refractivity contribution is 5.65. The Bertz CT molecular complexity index is 1250. The molecule has 6 aliphatic rings. The van der Waals surface area contributed by atoms with E-state index < -0.39 is 48.2 Å². The number of hydrogen-bond donors (Lipinski definition) is 6. The van der Waals surface area contributed by atoms with Gasteiger partial charge >= 0.3 is 5.97 Å². The molecule has 6 fully saturated rings. The average Bonchev–Trinajstić information content (AvgIpc) is 3.60. The SMILES string of the molecule is CC(=O)OC[C@H]1O[C@@H](O[C@H]2CC[C@]34C[C@]35CC[C@]3(C)[C@@H]([C@H](C)CC/C=C(\C)CO)[C@@H](O)C[C@@]3(C)[C@H]5C[C@H](O)[C@@H]4C2(C)C)[C@H](O)[C@@H](O)[C@@H]1O. The first kappa shape index (κ1) is 36.7. The first-order valence-corrected chi connectivity index (χ1v) is 18.5. The summed E-state index contributed by atoms with van der Waals surface area (Å²) in [6.45, 7) is 14.4. The van der Waals surface area contributed by atoms with E-state index >= 15 is 0 Å². The summed E-state index contributed by atoms with van der Waals surface area (Å²) in [5.74, 6) is 0.280. The Hall–Kier alpha value is -1.11. The third kappa shape index (κ3) is 5.29. The van der Waals surface area contributed by atoms with Crippen LogP contribution in [0.1, 0.15) is 106 Å². The second-order valence-electron chi connectivity index (χ2n) is 18.0. The molecule has 0 aromatic rings. The summed E-state index contributed by atoms with van der Waals surface area (Å²) in [6.07, 6.45) is 2.27. The lowest BCUT2D eigenvalue weighted by Gasteiger charge is -2.64. The van der Waals surface area contributed by atoms with Crippen LogP contribution in [0.15, 0.2) is 11.6 Å². The molecular formula is C38H62O10. The minimum Gasteiger partial charge on any atom is -0.463 e. The van der Waals surface area contributed by atoms with Crippen molar-refractivity contribution >= 4 is 5.97 Å². The van der Waals surface area contributed by atoms with Crippen LogP contribution in [0.3, 0.4) is 0 Å². The van der Waals surface area contributed by atoms with Gasteiger partial charge in [0, 0.05) is 6.92 Å². The molecule has 10 heteroatoms. The van der Waals surface area contributed by atoms with Crippen LogP contribution < -0.4 is 0 Å². The maximum absolute atomic E-state index is 12.2. The summed E-state index contributed by atoms with van der Waals surface area (Å²) in [7, 11) is 0. The van der Waals surface area contributed by atoms with Crippen molar-refractivity contribution in [1.82, 2.24) is 0 Å². The maximum atomic E-state index is 12.2. The third-order valence-electron chi connectivity index (χ3n) is 15.4. The molecule has 16 atom stereocenters. The number of carbonyl (C=O) groups excluding carboxylic acids is 1. The Labute approximate surface area is 286 Å². The van der Waals surface area contributed by atoms with E-state index in [9.17, 15) is 35.4 Å².